The number of hydrogen-bond acceptors (Lipinski definition) is 1. The van der Waals surface area contributed by atoms with Crippen LogP contribution in [0.2, 0.25) is 5.02 Å². The zero-order valence-electron chi connectivity index (χ0n) is 8.21. The molecule has 8 heteroatoms. The highest BCUT2D eigenvalue weighted by Crippen LogP contribution is 2.42. The second-order valence-corrected chi connectivity index (χ2v) is 3.49. The number of aryl methyl sites for hydroxylation is 1. The van der Waals surface area contributed by atoms with Crippen molar-refractivity contribution in [2.45, 2.75) is 19.5 Å². The number of ether oxygens (including phenoxy) is 1. The van der Waals surface area contributed by atoms with Gasteiger partial charge >= 0.3 is 12.5 Å². The SMILES string of the molecule is Cc1ccc(OC(F)(F)F)c(Cl)c1C(F)(F)F. The van der Waals surface area contributed by atoms with Gasteiger partial charge in [-0.2, -0.15) is 13.2 Å². The van der Waals surface area contributed by atoms with Crippen molar-refractivity contribution >= 4 is 11.6 Å². The fourth-order valence-electron chi connectivity index (χ4n) is 1.21. The Bertz CT molecular complexity index is 423. The van der Waals surface area contributed by atoms with Gasteiger partial charge in [-0.05, 0) is 18.6 Å². The van der Waals surface area contributed by atoms with Gasteiger partial charge in [0, 0.05) is 0 Å². The van der Waals surface area contributed by atoms with Crippen LogP contribution in [0.4, 0.5) is 26.3 Å². The summed E-state index contributed by atoms with van der Waals surface area (Å²) in [5.41, 5.74) is -1.61. The Morgan fingerprint density at radius 1 is 1.06 bits per heavy atom. The first-order valence-electron chi connectivity index (χ1n) is 4.14. The lowest BCUT2D eigenvalue weighted by atomic mass is 10.1. The second kappa shape index (κ2) is 4.29. The summed E-state index contributed by atoms with van der Waals surface area (Å²) in [6.07, 6.45) is -9.94. The molecule has 0 radical (unpaired) electrons. The third-order valence-corrected chi connectivity index (χ3v) is 2.20. The minimum Gasteiger partial charge on any atom is -0.404 e. The zero-order chi connectivity index (χ0) is 13.4. The van der Waals surface area contributed by atoms with Crippen LogP contribution >= 0.6 is 11.6 Å². The molecule has 0 spiro atoms. The maximum Gasteiger partial charge on any atom is 0.573 e. The van der Waals surface area contributed by atoms with Crippen LogP contribution in [0.5, 0.6) is 5.75 Å². The summed E-state index contributed by atoms with van der Waals surface area (Å²) in [5, 5.41) is -1.10. The van der Waals surface area contributed by atoms with E-state index in [2.05, 4.69) is 4.74 Å². The molecular weight excluding hydrogens is 274 g/mol. The van der Waals surface area contributed by atoms with Crippen molar-refractivity contribution in [2.75, 3.05) is 0 Å². The van der Waals surface area contributed by atoms with Gasteiger partial charge in [0.05, 0.1) is 10.6 Å². The maximum absolute atomic E-state index is 12.5. The molecule has 0 aliphatic rings. The van der Waals surface area contributed by atoms with Gasteiger partial charge < -0.3 is 4.74 Å². The highest BCUT2D eigenvalue weighted by atomic mass is 35.5. The molecule has 0 amide bonds. The van der Waals surface area contributed by atoms with E-state index in [1.54, 1.807) is 0 Å². The third-order valence-electron chi connectivity index (χ3n) is 1.82. The van der Waals surface area contributed by atoms with Crippen molar-refractivity contribution in [3.05, 3.63) is 28.3 Å². The molecule has 0 unspecified atom stereocenters. The number of rotatable bonds is 1. The summed E-state index contributed by atoms with van der Waals surface area (Å²) >= 11 is 5.26. The molecule has 0 aliphatic heterocycles. The summed E-state index contributed by atoms with van der Waals surface area (Å²) in [6.45, 7) is 1.09. The number of halogens is 7. The first-order valence-corrected chi connectivity index (χ1v) is 4.52. The van der Waals surface area contributed by atoms with Crippen LogP contribution in [0.1, 0.15) is 11.1 Å². The Morgan fingerprint density at radius 3 is 2.00 bits per heavy atom. The summed E-state index contributed by atoms with van der Waals surface area (Å²) in [4.78, 5) is 0. The van der Waals surface area contributed by atoms with Crippen molar-refractivity contribution in [3.8, 4) is 5.75 Å². The van der Waals surface area contributed by atoms with E-state index in [1.165, 1.54) is 0 Å². The Kier molecular flexibility index (Phi) is 3.52. The Labute approximate surface area is 96.9 Å². The van der Waals surface area contributed by atoms with E-state index in [-0.39, 0.29) is 5.56 Å². The van der Waals surface area contributed by atoms with E-state index in [0.29, 0.717) is 0 Å². The topological polar surface area (TPSA) is 9.23 Å². The van der Waals surface area contributed by atoms with Gasteiger partial charge in [0.15, 0.2) is 0 Å². The van der Waals surface area contributed by atoms with Crippen molar-refractivity contribution in [1.82, 2.24) is 0 Å². The van der Waals surface area contributed by atoms with E-state index in [9.17, 15) is 26.3 Å². The molecule has 1 rings (SSSR count). The molecule has 1 aromatic rings. The minimum absolute atomic E-state index is 0.281. The van der Waals surface area contributed by atoms with E-state index in [4.69, 9.17) is 11.6 Å². The monoisotopic (exact) mass is 278 g/mol. The average Bonchev–Trinajstić information content (AvgIpc) is 2.06. The molecule has 0 aromatic heterocycles. The van der Waals surface area contributed by atoms with Crippen molar-refractivity contribution < 1.29 is 31.1 Å². The van der Waals surface area contributed by atoms with Gasteiger partial charge in [-0.3, -0.25) is 0 Å². The van der Waals surface area contributed by atoms with Crippen LogP contribution in [-0.2, 0) is 6.18 Å². The predicted molar refractivity (Wildman–Crippen MR) is 47.9 cm³/mol. The molecule has 0 N–H and O–H groups in total. The lowest BCUT2D eigenvalue weighted by Crippen LogP contribution is -2.18. The smallest absolute Gasteiger partial charge is 0.404 e. The largest absolute Gasteiger partial charge is 0.573 e. The second-order valence-electron chi connectivity index (χ2n) is 3.12. The molecule has 1 nitrogen and oxygen atoms in total. The Morgan fingerprint density at radius 2 is 1.59 bits per heavy atom. The van der Waals surface area contributed by atoms with Crippen molar-refractivity contribution in [3.63, 3.8) is 0 Å². The van der Waals surface area contributed by atoms with Crippen LogP contribution in [0, 0.1) is 6.92 Å². The summed E-state index contributed by atoms with van der Waals surface area (Å²) in [6, 6.07) is 1.59. The fourth-order valence-corrected chi connectivity index (χ4v) is 1.56. The molecule has 0 saturated carbocycles. The van der Waals surface area contributed by atoms with Crippen LogP contribution in [-0.4, -0.2) is 6.36 Å². The number of hydrogen-bond donors (Lipinski definition) is 0. The van der Waals surface area contributed by atoms with Crippen LogP contribution < -0.4 is 4.74 Å². The first-order chi connectivity index (χ1) is 7.52. The van der Waals surface area contributed by atoms with Crippen LogP contribution in [0.25, 0.3) is 0 Å². The molecule has 0 atom stereocenters. The van der Waals surface area contributed by atoms with Gasteiger partial charge in [0.25, 0.3) is 0 Å². The van der Waals surface area contributed by atoms with Crippen molar-refractivity contribution in [1.29, 1.82) is 0 Å². The molecule has 0 aliphatic carbocycles. The standard InChI is InChI=1S/C9H5ClF6O/c1-4-2-3-5(17-9(14,15)16)7(10)6(4)8(11,12)13/h2-3H,1H3. The van der Waals surface area contributed by atoms with E-state index in [1.807, 2.05) is 0 Å². The minimum atomic E-state index is -5.10. The van der Waals surface area contributed by atoms with E-state index < -0.39 is 28.9 Å². The number of alkyl halides is 6. The van der Waals surface area contributed by atoms with Crippen molar-refractivity contribution in [2.24, 2.45) is 0 Å². The molecule has 0 saturated heterocycles. The predicted octanol–water partition coefficient (Wildman–Crippen LogP) is 4.57. The van der Waals surface area contributed by atoms with Gasteiger partial charge in [-0.25, -0.2) is 0 Å². The van der Waals surface area contributed by atoms with Crippen LogP contribution in [0.15, 0.2) is 12.1 Å². The normalized spacial score (nSPS) is 12.7. The first kappa shape index (κ1) is 14.0. The average molecular weight is 279 g/mol. The fraction of sp³-hybridized carbons (Fsp3) is 0.333. The zero-order valence-corrected chi connectivity index (χ0v) is 8.96. The maximum atomic E-state index is 12.5. The lowest BCUT2D eigenvalue weighted by Gasteiger charge is -2.16. The third kappa shape index (κ3) is 3.42. The number of benzene rings is 1. The molecule has 0 bridgehead atoms. The van der Waals surface area contributed by atoms with E-state index >= 15 is 0 Å². The molecule has 0 heterocycles. The molecular formula is C9H5ClF6O. The molecule has 17 heavy (non-hydrogen) atoms. The van der Waals surface area contributed by atoms with Gasteiger partial charge in [-0.15, -0.1) is 13.2 Å². The lowest BCUT2D eigenvalue weighted by molar-refractivity contribution is -0.274. The Balaban J connectivity index is 3.30. The van der Waals surface area contributed by atoms with Crippen LogP contribution in [0.3, 0.4) is 0 Å². The summed E-state index contributed by atoms with van der Waals surface area (Å²) in [7, 11) is 0. The van der Waals surface area contributed by atoms with Gasteiger partial charge in [-0.1, -0.05) is 17.7 Å². The molecule has 0 fully saturated rings. The highest BCUT2D eigenvalue weighted by molar-refractivity contribution is 6.33. The van der Waals surface area contributed by atoms with Gasteiger partial charge in [0.1, 0.15) is 5.75 Å². The molecule has 96 valence electrons. The molecule has 1 aromatic carbocycles. The van der Waals surface area contributed by atoms with E-state index in [0.717, 1.165) is 19.1 Å². The van der Waals surface area contributed by atoms with Gasteiger partial charge in [0.2, 0.25) is 0 Å². The summed E-state index contributed by atoms with van der Waals surface area (Å²) in [5.74, 6) is -1.07. The quantitative estimate of drug-likeness (QED) is 0.684. The summed E-state index contributed by atoms with van der Waals surface area (Å²) < 4.78 is 76.6. The highest BCUT2D eigenvalue weighted by Gasteiger charge is 2.38. The Hall–Kier alpha value is -1.11.